The van der Waals surface area contributed by atoms with Gasteiger partial charge in [0.25, 0.3) is 0 Å². The normalized spacial score (nSPS) is 23.7. The van der Waals surface area contributed by atoms with Crippen LogP contribution in [0.4, 0.5) is 0 Å². The Bertz CT molecular complexity index is 1670. The molecule has 2 aliphatic rings. The molecule has 4 heterocycles. The lowest BCUT2D eigenvalue weighted by molar-refractivity contribution is -0.375. The van der Waals surface area contributed by atoms with Gasteiger partial charge in [0, 0.05) is 37.3 Å². The van der Waals surface area contributed by atoms with Crippen LogP contribution in [-0.4, -0.2) is 188 Å². The molecule has 5 unspecified atom stereocenters. The molecule has 4 rings (SSSR count). The van der Waals surface area contributed by atoms with E-state index < -0.39 is 61.4 Å². The second-order valence-electron chi connectivity index (χ2n) is 23.9. The van der Waals surface area contributed by atoms with E-state index in [9.17, 15) is 30.6 Å². The first kappa shape index (κ1) is 71.2. The van der Waals surface area contributed by atoms with E-state index in [-0.39, 0.29) is 37.1 Å². The summed E-state index contributed by atoms with van der Waals surface area (Å²) in [6, 6.07) is 0. The molecule has 81 heavy (non-hydrogen) atoms. The van der Waals surface area contributed by atoms with E-state index in [4.69, 9.17) is 42.6 Å². The Kier molecular flexibility index (Phi) is 36.6. The summed E-state index contributed by atoms with van der Waals surface area (Å²) in [5.74, 6) is 0. The largest absolute Gasteiger partial charge is 0.388 e. The van der Waals surface area contributed by atoms with Gasteiger partial charge in [-0.2, -0.15) is 0 Å². The van der Waals surface area contributed by atoms with Crippen molar-refractivity contribution in [3.05, 3.63) is 23.8 Å². The molecular formula is C60H112N6O15. The van der Waals surface area contributed by atoms with Crippen molar-refractivity contribution in [1.29, 1.82) is 0 Å². The topological polar surface area (TPSA) is 266 Å². The molecule has 21 heteroatoms. The van der Waals surface area contributed by atoms with E-state index >= 15 is 0 Å². The minimum Gasteiger partial charge on any atom is -0.388 e. The van der Waals surface area contributed by atoms with Crippen LogP contribution in [0.1, 0.15) is 207 Å². The summed E-state index contributed by atoms with van der Waals surface area (Å²) in [7, 11) is 0. The zero-order valence-electron chi connectivity index (χ0n) is 50.8. The number of ether oxygens (including phenoxy) is 9. The molecule has 0 aromatic carbocycles. The molecule has 2 saturated heterocycles. The first-order chi connectivity index (χ1) is 39.2. The minimum atomic E-state index is -1.79. The predicted octanol–water partition coefficient (Wildman–Crippen LogP) is 7.76. The molecule has 0 saturated carbocycles. The Morgan fingerprint density at radius 3 is 0.988 bits per heavy atom. The van der Waals surface area contributed by atoms with Crippen LogP contribution in [0, 0.1) is 10.8 Å². The molecule has 0 aliphatic carbocycles. The lowest BCUT2D eigenvalue weighted by Crippen LogP contribution is -2.63. The quantitative estimate of drug-likeness (QED) is 0.0346. The highest BCUT2D eigenvalue weighted by Crippen LogP contribution is 2.30. The van der Waals surface area contributed by atoms with Gasteiger partial charge in [0.2, 0.25) is 0 Å². The van der Waals surface area contributed by atoms with Crippen molar-refractivity contribution in [2.45, 2.75) is 283 Å². The summed E-state index contributed by atoms with van der Waals surface area (Å²) < 4.78 is 57.8. The van der Waals surface area contributed by atoms with Gasteiger partial charge < -0.3 is 73.3 Å². The lowest BCUT2D eigenvalue weighted by atomic mass is 9.94. The van der Waals surface area contributed by atoms with Crippen molar-refractivity contribution in [2.24, 2.45) is 10.8 Å². The van der Waals surface area contributed by atoms with Gasteiger partial charge in [0.1, 0.15) is 60.2 Å². The maximum Gasteiger partial charge on any atom is 0.189 e. The van der Waals surface area contributed by atoms with Crippen molar-refractivity contribution in [2.75, 3.05) is 66.1 Å². The number of hydrogen-bond donors (Lipinski definition) is 6. The second kappa shape index (κ2) is 41.7. The standard InChI is InChI=1S/C60H112N6O15/c1-7-11-15-19-23-27-31-73-41-59(5,42-74-32-28-24-20-16-12-8-2)45-77-39-47-35-65(63-61-47)37-49-51(67)53(69)55(71)57(79-49)81-58-56(72)54(70)52(68)50(80-58)38-66-36-48(62-64-66)40-78-46-60(6,43-75-33-29-25-21-17-13-9-3)44-76-34-30-26-22-18-14-10-4/h35-36,49-58,67-72H,7-34,37-46H2,1-6H3/t49?,50?,51-,52-,53+,54?,55?,56?,57-,58-/m1/s1. The van der Waals surface area contributed by atoms with E-state index in [1.54, 1.807) is 12.4 Å². The maximum atomic E-state index is 11.0. The van der Waals surface area contributed by atoms with Crippen LogP contribution in [0.15, 0.2) is 12.4 Å². The van der Waals surface area contributed by atoms with Crippen LogP contribution in [0.5, 0.6) is 0 Å². The summed E-state index contributed by atoms with van der Waals surface area (Å²) in [5.41, 5.74) is 0.256. The summed E-state index contributed by atoms with van der Waals surface area (Å²) in [6.07, 6.45) is 16.0. The Morgan fingerprint density at radius 2 is 0.679 bits per heavy atom. The molecule has 2 aromatic heterocycles. The fourth-order valence-corrected chi connectivity index (χ4v) is 10.1. The van der Waals surface area contributed by atoms with Gasteiger partial charge in [-0.1, -0.05) is 180 Å². The van der Waals surface area contributed by atoms with Crippen molar-refractivity contribution in [3.63, 3.8) is 0 Å². The first-order valence-corrected chi connectivity index (χ1v) is 31.5. The van der Waals surface area contributed by atoms with Crippen LogP contribution >= 0.6 is 0 Å². The van der Waals surface area contributed by atoms with Crippen LogP contribution in [0.2, 0.25) is 0 Å². The van der Waals surface area contributed by atoms with Gasteiger partial charge in [0.15, 0.2) is 12.6 Å². The highest BCUT2D eigenvalue weighted by Gasteiger charge is 2.50. The Morgan fingerprint density at radius 1 is 0.395 bits per heavy atom. The molecule has 0 radical (unpaired) electrons. The first-order valence-electron chi connectivity index (χ1n) is 31.5. The van der Waals surface area contributed by atoms with E-state index in [0.29, 0.717) is 77.5 Å². The molecule has 472 valence electrons. The van der Waals surface area contributed by atoms with E-state index in [2.05, 4.69) is 62.2 Å². The zero-order valence-corrected chi connectivity index (χ0v) is 50.8. The molecule has 0 bridgehead atoms. The van der Waals surface area contributed by atoms with Crippen LogP contribution < -0.4 is 0 Å². The minimum absolute atomic E-state index is 0.107. The third-order valence-electron chi connectivity index (χ3n) is 15.3. The monoisotopic (exact) mass is 1160 g/mol. The number of aliphatic hydroxyl groups excluding tert-OH is 6. The molecule has 6 N–H and O–H groups in total. The fraction of sp³-hybridized carbons (Fsp3) is 0.933. The molecule has 2 aromatic rings. The molecule has 21 nitrogen and oxygen atoms in total. The van der Waals surface area contributed by atoms with E-state index in [1.165, 1.54) is 112 Å². The van der Waals surface area contributed by atoms with Crippen molar-refractivity contribution in [1.82, 2.24) is 30.0 Å². The average Bonchev–Trinajstić information content (AvgIpc) is 4.16. The molecule has 2 aliphatic heterocycles. The number of aliphatic hydroxyl groups is 6. The summed E-state index contributed by atoms with van der Waals surface area (Å²) >= 11 is 0. The average molecular weight is 1160 g/mol. The fourth-order valence-electron chi connectivity index (χ4n) is 10.1. The molecule has 2 fully saturated rings. The molecule has 0 amide bonds. The summed E-state index contributed by atoms with van der Waals surface area (Å²) in [6.45, 7) is 18.6. The van der Waals surface area contributed by atoms with Gasteiger partial charge in [-0.3, -0.25) is 0 Å². The van der Waals surface area contributed by atoms with Gasteiger partial charge in [-0.15, -0.1) is 10.2 Å². The van der Waals surface area contributed by atoms with Gasteiger partial charge in [-0.25, -0.2) is 9.36 Å². The Hall–Kier alpha value is -2.32. The highest BCUT2D eigenvalue weighted by atomic mass is 16.8. The second-order valence-corrected chi connectivity index (χ2v) is 23.9. The molecule has 0 spiro atoms. The predicted molar refractivity (Wildman–Crippen MR) is 307 cm³/mol. The number of unbranched alkanes of at least 4 members (excludes halogenated alkanes) is 20. The van der Waals surface area contributed by atoms with Gasteiger partial charge in [-0.05, 0) is 25.7 Å². The van der Waals surface area contributed by atoms with E-state index in [1.807, 2.05) is 0 Å². The lowest BCUT2D eigenvalue weighted by Gasteiger charge is -2.45. The number of hydrogen-bond acceptors (Lipinski definition) is 19. The van der Waals surface area contributed by atoms with Crippen molar-refractivity contribution < 1.29 is 73.3 Å². The smallest absolute Gasteiger partial charge is 0.189 e. The van der Waals surface area contributed by atoms with Crippen LogP contribution in [0.25, 0.3) is 0 Å². The van der Waals surface area contributed by atoms with Crippen LogP contribution in [-0.2, 0) is 68.9 Å². The third kappa shape index (κ3) is 28.2. The van der Waals surface area contributed by atoms with Gasteiger partial charge in [0.05, 0.1) is 78.3 Å². The van der Waals surface area contributed by atoms with Crippen molar-refractivity contribution in [3.8, 4) is 0 Å². The highest BCUT2D eigenvalue weighted by molar-refractivity contribution is 4.96. The molecular weight excluding hydrogens is 1040 g/mol. The number of rotatable bonds is 50. The SMILES string of the molecule is CCCCCCCCOCC(C)(COCCCCCCCC)COCc1cn(CC2O[C@H](O[C@H]3OC(Cn4cc(COCC(C)(COCCCCCCCC)COCCCCCCCC)nn4)[C@@H](O)[C@H](O)C3O)C(O)C(O)[C@@H]2O)nn1. The van der Waals surface area contributed by atoms with E-state index in [0.717, 1.165) is 51.4 Å². The number of nitrogens with zero attached hydrogens (tertiary/aromatic N) is 6. The Labute approximate surface area is 485 Å². The zero-order chi connectivity index (χ0) is 58.6. The summed E-state index contributed by atoms with van der Waals surface area (Å²) in [4.78, 5) is 0. The van der Waals surface area contributed by atoms with Gasteiger partial charge >= 0.3 is 0 Å². The Balaban J connectivity index is 1.28. The maximum absolute atomic E-state index is 11.0. The molecule has 10 atom stereocenters. The van der Waals surface area contributed by atoms with Crippen molar-refractivity contribution >= 4 is 0 Å². The van der Waals surface area contributed by atoms with Crippen LogP contribution in [0.3, 0.4) is 0 Å². The number of aromatic nitrogens is 6. The summed E-state index contributed by atoms with van der Waals surface area (Å²) in [5, 5.41) is 83.0. The third-order valence-corrected chi connectivity index (χ3v) is 15.3.